The van der Waals surface area contributed by atoms with Crippen LogP contribution in [0.4, 0.5) is 5.82 Å². The molecule has 0 unspecified atom stereocenters. The quantitative estimate of drug-likeness (QED) is 0.596. The summed E-state index contributed by atoms with van der Waals surface area (Å²) in [6, 6.07) is 10.5. The maximum atomic E-state index is 11.7. The molecule has 7 nitrogen and oxygen atoms in total. The monoisotopic (exact) mass is 368 g/mol. The Morgan fingerprint density at radius 3 is 2.33 bits per heavy atom. The summed E-state index contributed by atoms with van der Waals surface area (Å²) in [5.41, 5.74) is 1.79. The Labute approximate surface area is 157 Å². The van der Waals surface area contributed by atoms with Gasteiger partial charge in [-0.25, -0.2) is 4.98 Å². The fourth-order valence-corrected chi connectivity index (χ4v) is 2.13. The zero-order valence-corrected chi connectivity index (χ0v) is 15.1. The molecule has 0 aliphatic rings. The summed E-state index contributed by atoms with van der Waals surface area (Å²) in [5, 5.41) is 2.63. The highest BCUT2D eigenvalue weighted by Crippen LogP contribution is 2.16. The van der Waals surface area contributed by atoms with Crippen LogP contribution in [0.2, 0.25) is 0 Å². The van der Waals surface area contributed by atoms with Crippen molar-refractivity contribution in [2.24, 2.45) is 0 Å². The minimum Gasteiger partial charge on any atom is -0.469 e. The maximum absolute atomic E-state index is 11.7. The van der Waals surface area contributed by atoms with E-state index in [1.54, 1.807) is 36.5 Å². The molecule has 2 aromatic rings. The van der Waals surface area contributed by atoms with Crippen LogP contribution >= 0.6 is 0 Å². The van der Waals surface area contributed by atoms with Crippen molar-refractivity contribution in [3.05, 3.63) is 53.7 Å². The number of nitrogens with zero attached hydrogens (tertiary/aromatic N) is 1. The van der Waals surface area contributed by atoms with Gasteiger partial charge in [-0.1, -0.05) is 24.3 Å². The van der Waals surface area contributed by atoms with Gasteiger partial charge in [0.15, 0.2) is 0 Å². The van der Waals surface area contributed by atoms with E-state index in [1.807, 2.05) is 18.2 Å². The van der Waals surface area contributed by atoms with Crippen LogP contribution < -0.4 is 10.1 Å². The van der Waals surface area contributed by atoms with Gasteiger partial charge in [-0.05, 0) is 35.4 Å². The number of amides is 1. The fraction of sp³-hybridized carbons (Fsp3) is 0.200. The Bertz CT molecular complexity index is 844. The average Bonchev–Trinajstić information content (AvgIpc) is 2.65. The number of hydrogen-bond acceptors (Lipinski definition) is 6. The highest BCUT2D eigenvalue weighted by atomic mass is 16.5. The first kappa shape index (κ1) is 19.8. The number of hydrogen-bond donors (Lipinski definition) is 1. The lowest BCUT2D eigenvalue weighted by Gasteiger charge is -2.04. The second-order valence-electron chi connectivity index (χ2n) is 5.61. The van der Waals surface area contributed by atoms with Gasteiger partial charge in [0.1, 0.15) is 11.6 Å². The van der Waals surface area contributed by atoms with Gasteiger partial charge in [-0.3, -0.25) is 14.4 Å². The fourth-order valence-electron chi connectivity index (χ4n) is 2.13. The molecule has 0 spiro atoms. The van der Waals surface area contributed by atoms with Gasteiger partial charge in [0.25, 0.3) is 0 Å². The first-order chi connectivity index (χ1) is 13.0. The highest BCUT2D eigenvalue weighted by Gasteiger charge is 2.08. The summed E-state index contributed by atoms with van der Waals surface area (Å²) in [5.74, 6) is -0.241. The van der Waals surface area contributed by atoms with Crippen LogP contribution in [0.1, 0.15) is 30.9 Å². The summed E-state index contributed by atoms with van der Waals surface area (Å²) in [7, 11) is 1.27. The zero-order valence-electron chi connectivity index (χ0n) is 15.1. The van der Waals surface area contributed by atoms with Gasteiger partial charge in [-0.15, -0.1) is 0 Å². The van der Waals surface area contributed by atoms with Gasteiger partial charge in [0, 0.05) is 13.1 Å². The minimum atomic E-state index is -0.494. The summed E-state index contributed by atoms with van der Waals surface area (Å²) >= 11 is 0. The Morgan fingerprint density at radius 1 is 1.00 bits per heavy atom. The van der Waals surface area contributed by atoms with E-state index in [-0.39, 0.29) is 18.7 Å². The van der Waals surface area contributed by atoms with E-state index < -0.39 is 11.9 Å². The van der Waals surface area contributed by atoms with E-state index in [0.717, 1.165) is 11.1 Å². The summed E-state index contributed by atoms with van der Waals surface area (Å²) < 4.78 is 9.64. The lowest BCUT2D eigenvalue weighted by molar-refractivity contribution is -0.144. The van der Waals surface area contributed by atoms with Crippen LogP contribution in [0, 0.1) is 0 Å². The topological polar surface area (TPSA) is 94.6 Å². The molecule has 1 heterocycles. The Kier molecular flexibility index (Phi) is 7.25. The van der Waals surface area contributed by atoms with Crippen molar-refractivity contribution in [3.8, 4) is 5.75 Å². The maximum Gasteiger partial charge on any atom is 0.311 e. The summed E-state index contributed by atoms with van der Waals surface area (Å²) in [6.45, 7) is 1.42. The summed E-state index contributed by atoms with van der Waals surface area (Å²) in [4.78, 5) is 37.8. The van der Waals surface area contributed by atoms with E-state index in [1.165, 1.54) is 14.0 Å². The van der Waals surface area contributed by atoms with Gasteiger partial charge in [0.05, 0.1) is 20.0 Å². The molecule has 2 rings (SSSR count). The van der Waals surface area contributed by atoms with Gasteiger partial charge in [0.2, 0.25) is 5.91 Å². The Hall–Kier alpha value is -3.48. The molecule has 0 saturated carbocycles. The number of esters is 2. The lowest BCUT2D eigenvalue weighted by Crippen LogP contribution is -2.11. The van der Waals surface area contributed by atoms with Crippen LogP contribution in [0.5, 0.6) is 5.75 Å². The average molecular weight is 368 g/mol. The number of carbonyl (C=O) groups is 3. The van der Waals surface area contributed by atoms with E-state index in [4.69, 9.17) is 4.74 Å². The molecule has 0 aliphatic carbocycles. The lowest BCUT2D eigenvalue weighted by atomic mass is 10.1. The van der Waals surface area contributed by atoms with Crippen LogP contribution in [-0.2, 0) is 19.1 Å². The number of benzene rings is 1. The molecular formula is C20H20N2O5. The van der Waals surface area contributed by atoms with E-state index in [0.29, 0.717) is 11.6 Å². The molecule has 1 N–H and O–H groups in total. The molecule has 7 heteroatoms. The number of ether oxygens (including phenoxy) is 2. The van der Waals surface area contributed by atoms with Crippen molar-refractivity contribution in [2.75, 3.05) is 12.4 Å². The van der Waals surface area contributed by atoms with E-state index >= 15 is 0 Å². The van der Waals surface area contributed by atoms with Crippen LogP contribution in [0.25, 0.3) is 12.2 Å². The van der Waals surface area contributed by atoms with E-state index in [9.17, 15) is 14.4 Å². The predicted octanol–water partition coefficient (Wildman–Crippen LogP) is 3.07. The molecule has 0 aliphatic heterocycles. The number of methoxy groups -OCH3 is 1. The summed E-state index contributed by atoms with van der Waals surface area (Å²) in [6.07, 6.45) is 5.33. The highest BCUT2D eigenvalue weighted by molar-refractivity contribution is 5.88. The predicted molar refractivity (Wildman–Crippen MR) is 101 cm³/mol. The molecule has 27 heavy (non-hydrogen) atoms. The number of pyridine rings is 1. The first-order valence-electron chi connectivity index (χ1n) is 8.25. The van der Waals surface area contributed by atoms with Gasteiger partial charge < -0.3 is 14.8 Å². The smallest absolute Gasteiger partial charge is 0.311 e. The SMILES string of the molecule is COC(=O)CCC(=O)Oc1ccc(/C=C/c2ccnc(NC(C)=O)c2)cc1. The zero-order chi connectivity index (χ0) is 19.6. The number of anilines is 1. The van der Waals surface area contributed by atoms with Crippen molar-refractivity contribution in [3.63, 3.8) is 0 Å². The van der Waals surface area contributed by atoms with Crippen molar-refractivity contribution in [1.82, 2.24) is 4.98 Å². The normalized spacial score (nSPS) is 10.4. The molecule has 0 fully saturated rings. The Balaban J connectivity index is 1.93. The third kappa shape index (κ3) is 7.11. The molecule has 0 saturated heterocycles. The molecule has 1 aromatic heterocycles. The standard InChI is InChI=1S/C20H20N2O5/c1-14(23)22-18-13-16(11-12-21-18)4-3-15-5-7-17(8-6-15)27-20(25)10-9-19(24)26-2/h3-8,11-13H,9-10H2,1-2H3,(H,21,22,23)/b4-3+. The van der Waals surface area contributed by atoms with Crippen molar-refractivity contribution >= 4 is 35.8 Å². The van der Waals surface area contributed by atoms with E-state index in [2.05, 4.69) is 15.0 Å². The number of carbonyl (C=O) groups excluding carboxylic acids is 3. The molecule has 0 bridgehead atoms. The van der Waals surface area contributed by atoms with Crippen molar-refractivity contribution in [1.29, 1.82) is 0 Å². The second-order valence-corrected chi connectivity index (χ2v) is 5.61. The third-order valence-electron chi connectivity index (χ3n) is 3.43. The van der Waals surface area contributed by atoms with Gasteiger partial charge >= 0.3 is 11.9 Å². The van der Waals surface area contributed by atoms with Crippen molar-refractivity contribution < 1.29 is 23.9 Å². The molecule has 0 radical (unpaired) electrons. The van der Waals surface area contributed by atoms with Crippen LogP contribution in [0.3, 0.4) is 0 Å². The first-order valence-corrected chi connectivity index (χ1v) is 8.25. The second kappa shape index (κ2) is 9.86. The van der Waals surface area contributed by atoms with Gasteiger partial charge in [-0.2, -0.15) is 0 Å². The number of rotatable bonds is 7. The Morgan fingerprint density at radius 2 is 1.67 bits per heavy atom. The number of nitrogens with one attached hydrogen (secondary N) is 1. The largest absolute Gasteiger partial charge is 0.469 e. The molecule has 140 valence electrons. The van der Waals surface area contributed by atoms with Crippen LogP contribution in [-0.4, -0.2) is 29.9 Å². The molecule has 1 amide bonds. The third-order valence-corrected chi connectivity index (χ3v) is 3.43. The minimum absolute atomic E-state index is 0.0113. The van der Waals surface area contributed by atoms with Crippen LogP contribution in [0.15, 0.2) is 42.6 Å². The molecular weight excluding hydrogens is 348 g/mol. The van der Waals surface area contributed by atoms with Crippen molar-refractivity contribution in [2.45, 2.75) is 19.8 Å². The molecule has 1 aromatic carbocycles. The number of aromatic nitrogens is 1. The molecule has 0 atom stereocenters.